The highest BCUT2D eigenvalue weighted by Gasteiger charge is 2.51. The maximum Gasteiger partial charge on any atom is 0.0383 e. The molecule has 0 aromatic carbocycles. The molecule has 1 unspecified atom stereocenters. The Kier molecular flexibility index (Phi) is 4.03. The van der Waals surface area contributed by atoms with Gasteiger partial charge in [-0.25, -0.2) is 0 Å². The maximum atomic E-state index is 6.31. The van der Waals surface area contributed by atoms with Crippen LogP contribution in [-0.2, 0) is 0 Å². The third-order valence-corrected chi connectivity index (χ3v) is 6.16. The highest BCUT2D eigenvalue weighted by atomic mass is 15.3. The monoisotopic (exact) mass is 267 g/mol. The van der Waals surface area contributed by atoms with Gasteiger partial charge in [0.1, 0.15) is 0 Å². The molecule has 3 heteroatoms. The molecule has 112 valence electrons. The number of nitrogens with zero attached hydrogens (tertiary/aromatic N) is 2. The summed E-state index contributed by atoms with van der Waals surface area (Å²) in [4.78, 5) is 5.22. The van der Waals surface area contributed by atoms with E-state index in [0.717, 1.165) is 19.6 Å². The van der Waals surface area contributed by atoms with Crippen molar-refractivity contribution in [3.05, 3.63) is 0 Å². The van der Waals surface area contributed by atoms with Crippen LogP contribution in [0.2, 0.25) is 0 Å². The molecule has 2 aliphatic rings. The molecular formula is C16H33N3. The normalized spacial score (nSPS) is 36.3. The Morgan fingerprint density at radius 3 is 2.16 bits per heavy atom. The van der Waals surface area contributed by atoms with Gasteiger partial charge in [0.15, 0.2) is 0 Å². The Morgan fingerprint density at radius 2 is 1.63 bits per heavy atom. The standard InChI is InChI=1S/C16H33N3/c1-14(2)8-6-7-9-16(14,12-17)19-11-10-18(5)15(3,4)13-19/h6-13,17H2,1-5H3. The third kappa shape index (κ3) is 2.45. The Hall–Kier alpha value is -0.120. The highest BCUT2D eigenvalue weighted by molar-refractivity contribution is 5.08. The summed E-state index contributed by atoms with van der Waals surface area (Å²) in [7, 11) is 2.25. The fourth-order valence-electron chi connectivity index (χ4n) is 4.25. The molecule has 1 aliphatic carbocycles. The van der Waals surface area contributed by atoms with E-state index < -0.39 is 0 Å². The number of hydrogen-bond donors (Lipinski definition) is 1. The van der Waals surface area contributed by atoms with Crippen molar-refractivity contribution in [2.75, 3.05) is 33.2 Å². The van der Waals surface area contributed by atoms with Gasteiger partial charge in [0.25, 0.3) is 0 Å². The van der Waals surface area contributed by atoms with E-state index in [1.165, 1.54) is 32.2 Å². The Labute approximate surface area is 119 Å². The van der Waals surface area contributed by atoms with Gasteiger partial charge < -0.3 is 5.73 Å². The van der Waals surface area contributed by atoms with Crippen molar-refractivity contribution in [3.63, 3.8) is 0 Å². The molecule has 1 saturated heterocycles. The van der Waals surface area contributed by atoms with Crippen molar-refractivity contribution >= 4 is 0 Å². The molecule has 0 bridgehead atoms. The number of rotatable bonds is 2. The first-order valence-electron chi connectivity index (χ1n) is 7.92. The van der Waals surface area contributed by atoms with Crippen molar-refractivity contribution in [3.8, 4) is 0 Å². The summed E-state index contributed by atoms with van der Waals surface area (Å²) >= 11 is 0. The second kappa shape index (κ2) is 5.01. The SMILES string of the molecule is CN1CCN(C2(CN)CCCCC2(C)C)CC1(C)C. The Morgan fingerprint density at radius 1 is 1.00 bits per heavy atom. The van der Waals surface area contributed by atoms with Crippen LogP contribution in [0.4, 0.5) is 0 Å². The van der Waals surface area contributed by atoms with Gasteiger partial charge in [0, 0.05) is 37.3 Å². The average Bonchev–Trinajstić information content (AvgIpc) is 2.33. The first kappa shape index (κ1) is 15.3. The lowest BCUT2D eigenvalue weighted by Gasteiger charge is -2.60. The quantitative estimate of drug-likeness (QED) is 0.833. The van der Waals surface area contributed by atoms with Gasteiger partial charge >= 0.3 is 0 Å². The minimum Gasteiger partial charge on any atom is -0.329 e. The highest BCUT2D eigenvalue weighted by Crippen LogP contribution is 2.48. The third-order valence-electron chi connectivity index (χ3n) is 6.16. The van der Waals surface area contributed by atoms with Crippen LogP contribution in [0.3, 0.4) is 0 Å². The lowest BCUT2D eigenvalue weighted by molar-refractivity contribution is -0.0921. The predicted octanol–water partition coefficient (Wildman–Crippen LogP) is 2.31. The van der Waals surface area contributed by atoms with Gasteiger partial charge in [0.2, 0.25) is 0 Å². The molecule has 0 spiro atoms. The van der Waals surface area contributed by atoms with Gasteiger partial charge in [0.05, 0.1) is 0 Å². The van der Waals surface area contributed by atoms with E-state index in [0.29, 0.717) is 5.41 Å². The molecule has 1 heterocycles. The molecule has 0 aromatic rings. The molecule has 2 rings (SSSR count). The van der Waals surface area contributed by atoms with Crippen LogP contribution < -0.4 is 5.73 Å². The zero-order chi connectivity index (χ0) is 14.3. The molecule has 3 nitrogen and oxygen atoms in total. The van der Waals surface area contributed by atoms with Crippen LogP contribution in [0, 0.1) is 5.41 Å². The maximum absolute atomic E-state index is 6.31. The number of nitrogens with two attached hydrogens (primary N) is 1. The summed E-state index contributed by atoms with van der Waals surface area (Å²) in [5, 5.41) is 0. The minimum absolute atomic E-state index is 0.212. The van der Waals surface area contributed by atoms with Crippen LogP contribution in [-0.4, -0.2) is 54.1 Å². The van der Waals surface area contributed by atoms with Crippen LogP contribution in [0.1, 0.15) is 53.4 Å². The summed E-state index contributed by atoms with van der Waals surface area (Å²) in [5.41, 5.74) is 7.12. The lowest BCUT2D eigenvalue weighted by Crippen LogP contribution is -2.70. The van der Waals surface area contributed by atoms with E-state index in [4.69, 9.17) is 5.73 Å². The van der Waals surface area contributed by atoms with Crippen molar-refractivity contribution in [2.45, 2.75) is 64.5 Å². The molecule has 2 fully saturated rings. The fraction of sp³-hybridized carbons (Fsp3) is 1.00. The first-order valence-corrected chi connectivity index (χ1v) is 7.92. The largest absolute Gasteiger partial charge is 0.329 e. The molecule has 1 aliphatic heterocycles. The smallest absolute Gasteiger partial charge is 0.0383 e. The average molecular weight is 267 g/mol. The molecule has 0 radical (unpaired) electrons. The van der Waals surface area contributed by atoms with E-state index in [2.05, 4.69) is 44.5 Å². The predicted molar refractivity (Wildman–Crippen MR) is 82.3 cm³/mol. The molecule has 0 amide bonds. The topological polar surface area (TPSA) is 32.5 Å². The molecule has 1 atom stereocenters. The summed E-state index contributed by atoms with van der Waals surface area (Å²) in [6, 6.07) is 0. The second-order valence-electron chi connectivity index (χ2n) is 7.98. The second-order valence-corrected chi connectivity index (χ2v) is 7.98. The summed E-state index contributed by atoms with van der Waals surface area (Å²) < 4.78 is 0. The van der Waals surface area contributed by atoms with Crippen molar-refractivity contribution < 1.29 is 0 Å². The van der Waals surface area contributed by atoms with Crippen molar-refractivity contribution in [1.82, 2.24) is 9.80 Å². The fourth-order valence-corrected chi connectivity index (χ4v) is 4.25. The van der Waals surface area contributed by atoms with E-state index in [1.807, 2.05) is 0 Å². The van der Waals surface area contributed by atoms with E-state index >= 15 is 0 Å². The van der Waals surface area contributed by atoms with Crippen LogP contribution in [0.15, 0.2) is 0 Å². The van der Waals surface area contributed by atoms with E-state index in [-0.39, 0.29) is 11.1 Å². The minimum atomic E-state index is 0.212. The van der Waals surface area contributed by atoms with E-state index in [1.54, 1.807) is 0 Å². The summed E-state index contributed by atoms with van der Waals surface area (Å²) in [6.45, 7) is 13.9. The molecule has 1 saturated carbocycles. The van der Waals surface area contributed by atoms with Gasteiger partial charge in [-0.2, -0.15) is 0 Å². The number of piperazine rings is 1. The van der Waals surface area contributed by atoms with Crippen molar-refractivity contribution in [2.24, 2.45) is 11.1 Å². The Bertz CT molecular complexity index is 324. The van der Waals surface area contributed by atoms with Gasteiger partial charge in [-0.1, -0.05) is 26.7 Å². The Balaban J connectivity index is 2.26. The molecule has 0 aromatic heterocycles. The van der Waals surface area contributed by atoms with E-state index in [9.17, 15) is 0 Å². The summed E-state index contributed by atoms with van der Waals surface area (Å²) in [5.74, 6) is 0. The molecular weight excluding hydrogens is 234 g/mol. The van der Waals surface area contributed by atoms with Gasteiger partial charge in [-0.15, -0.1) is 0 Å². The summed E-state index contributed by atoms with van der Waals surface area (Å²) in [6.07, 6.45) is 5.30. The first-order chi connectivity index (χ1) is 8.75. The number of hydrogen-bond acceptors (Lipinski definition) is 3. The zero-order valence-corrected chi connectivity index (χ0v) is 13.6. The van der Waals surface area contributed by atoms with Crippen LogP contribution >= 0.6 is 0 Å². The number of likely N-dealkylation sites (N-methyl/N-ethyl adjacent to an activating group) is 1. The van der Waals surface area contributed by atoms with Gasteiger partial charge in [-0.3, -0.25) is 9.80 Å². The van der Waals surface area contributed by atoms with Crippen LogP contribution in [0.25, 0.3) is 0 Å². The molecule has 2 N–H and O–H groups in total. The zero-order valence-electron chi connectivity index (χ0n) is 13.6. The molecule has 19 heavy (non-hydrogen) atoms. The van der Waals surface area contributed by atoms with Crippen molar-refractivity contribution in [1.29, 1.82) is 0 Å². The lowest BCUT2D eigenvalue weighted by atomic mass is 9.61. The van der Waals surface area contributed by atoms with Crippen LogP contribution in [0.5, 0.6) is 0 Å². The van der Waals surface area contributed by atoms with Gasteiger partial charge in [-0.05, 0) is 39.2 Å².